The molecule has 0 unspecified atom stereocenters. The first-order valence-electron chi connectivity index (χ1n) is 9.47. The minimum absolute atomic E-state index is 0.115. The summed E-state index contributed by atoms with van der Waals surface area (Å²) in [6.07, 6.45) is 0.694. The highest BCUT2D eigenvalue weighted by Gasteiger charge is 2.53. The van der Waals surface area contributed by atoms with Crippen LogP contribution >= 0.6 is 0 Å². The number of hydrogen-bond donors (Lipinski definition) is 1. The van der Waals surface area contributed by atoms with Crippen molar-refractivity contribution < 1.29 is 22.8 Å². The van der Waals surface area contributed by atoms with Crippen LogP contribution in [0.1, 0.15) is 37.0 Å². The van der Waals surface area contributed by atoms with Crippen molar-refractivity contribution in [1.82, 2.24) is 19.4 Å². The van der Waals surface area contributed by atoms with Crippen LogP contribution in [0.3, 0.4) is 0 Å². The van der Waals surface area contributed by atoms with Gasteiger partial charge in [0.2, 0.25) is 10.0 Å². The van der Waals surface area contributed by atoms with Gasteiger partial charge in [-0.25, -0.2) is 17.5 Å². The number of hydrogen-bond acceptors (Lipinski definition) is 5. The molecular weight excluding hydrogens is 396 g/mol. The van der Waals surface area contributed by atoms with Crippen LogP contribution in [0.5, 0.6) is 0 Å². The van der Waals surface area contributed by atoms with E-state index in [9.17, 15) is 22.8 Å². The van der Waals surface area contributed by atoms with Gasteiger partial charge in [0.1, 0.15) is 5.54 Å². The number of carbonyl (C=O) groups is 3. The Kier molecular flexibility index (Phi) is 5.44. The molecule has 1 aromatic rings. The minimum atomic E-state index is -3.56. The number of nitrogens with zero attached hydrogens (tertiary/aromatic N) is 3. The molecule has 0 aliphatic carbocycles. The van der Waals surface area contributed by atoms with E-state index < -0.39 is 15.6 Å². The molecule has 0 bridgehead atoms. The lowest BCUT2D eigenvalue weighted by atomic mass is 9.87. The molecule has 2 aliphatic rings. The summed E-state index contributed by atoms with van der Waals surface area (Å²) in [6.45, 7) is 4.23. The average Bonchev–Trinajstić information content (AvgIpc) is 2.91. The molecule has 1 aromatic carbocycles. The maximum atomic E-state index is 12.8. The molecule has 1 N–H and O–H groups in total. The predicted molar refractivity (Wildman–Crippen MR) is 106 cm³/mol. The van der Waals surface area contributed by atoms with E-state index in [-0.39, 0.29) is 28.8 Å². The van der Waals surface area contributed by atoms with Crippen LogP contribution in [0.2, 0.25) is 0 Å². The zero-order valence-corrected chi connectivity index (χ0v) is 17.8. The van der Waals surface area contributed by atoms with Crippen LogP contribution in [0, 0.1) is 0 Å². The van der Waals surface area contributed by atoms with Gasteiger partial charge in [-0.2, -0.15) is 0 Å². The quantitative estimate of drug-likeness (QED) is 0.725. The van der Waals surface area contributed by atoms with E-state index in [2.05, 4.69) is 5.32 Å². The molecule has 2 heterocycles. The Hall–Kier alpha value is -2.46. The van der Waals surface area contributed by atoms with Crippen molar-refractivity contribution in [3.8, 4) is 0 Å². The van der Waals surface area contributed by atoms with Crippen LogP contribution in [0.15, 0.2) is 29.2 Å². The number of likely N-dealkylation sites (tertiary alicyclic amines) is 1. The first kappa shape index (κ1) is 21.3. The highest BCUT2D eigenvalue weighted by molar-refractivity contribution is 7.89. The summed E-state index contributed by atoms with van der Waals surface area (Å²) < 4.78 is 25.4. The molecule has 4 amide bonds. The van der Waals surface area contributed by atoms with Crippen molar-refractivity contribution in [1.29, 1.82) is 0 Å². The van der Waals surface area contributed by atoms with Crippen LogP contribution in [0.4, 0.5) is 4.79 Å². The summed E-state index contributed by atoms with van der Waals surface area (Å²) in [5.41, 5.74) is -0.564. The molecular formula is C19H26N4O5S. The van der Waals surface area contributed by atoms with Crippen molar-refractivity contribution >= 4 is 27.9 Å². The number of imide groups is 1. The Morgan fingerprint density at radius 1 is 1.10 bits per heavy atom. The van der Waals surface area contributed by atoms with Gasteiger partial charge in [0, 0.05) is 38.8 Å². The third kappa shape index (κ3) is 3.62. The van der Waals surface area contributed by atoms with Crippen molar-refractivity contribution in [2.24, 2.45) is 0 Å². The Labute approximate surface area is 170 Å². The zero-order chi connectivity index (χ0) is 21.6. The number of sulfonamides is 1. The lowest BCUT2D eigenvalue weighted by molar-refractivity contribution is -0.133. The Morgan fingerprint density at radius 2 is 1.66 bits per heavy atom. The fraction of sp³-hybridized carbons (Fsp3) is 0.526. The molecule has 0 aromatic heterocycles. The van der Waals surface area contributed by atoms with E-state index in [0.717, 1.165) is 4.31 Å². The number of carbonyl (C=O) groups excluding carboxylic acids is 3. The van der Waals surface area contributed by atoms with Gasteiger partial charge in [0.15, 0.2) is 0 Å². The van der Waals surface area contributed by atoms with Gasteiger partial charge >= 0.3 is 6.03 Å². The highest BCUT2D eigenvalue weighted by atomic mass is 32.2. The number of piperidine rings is 1. The van der Waals surface area contributed by atoms with Crippen LogP contribution in [-0.2, 0) is 14.8 Å². The fourth-order valence-corrected chi connectivity index (χ4v) is 4.61. The molecule has 0 radical (unpaired) electrons. The number of urea groups is 1. The molecule has 10 heteroatoms. The van der Waals surface area contributed by atoms with Gasteiger partial charge in [-0.05, 0) is 51.0 Å². The monoisotopic (exact) mass is 422 g/mol. The van der Waals surface area contributed by atoms with Gasteiger partial charge in [-0.15, -0.1) is 0 Å². The van der Waals surface area contributed by atoms with Gasteiger partial charge in [-0.3, -0.25) is 14.5 Å². The lowest BCUT2D eigenvalue weighted by Crippen LogP contribution is -2.56. The van der Waals surface area contributed by atoms with E-state index >= 15 is 0 Å². The van der Waals surface area contributed by atoms with Crippen LogP contribution in [-0.4, -0.2) is 79.1 Å². The summed E-state index contributed by atoms with van der Waals surface area (Å²) >= 11 is 0. The van der Waals surface area contributed by atoms with Crippen molar-refractivity contribution in [2.45, 2.75) is 43.2 Å². The standard InChI is InChI=1S/C19H26N4O5S/c1-13(2)23-17(25)19(20-18(23)26)9-11-22(12-10-19)16(24)14-5-7-15(8-6-14)29(27,28)21(3)4/h5-8,13H,9-12H2,1-4H3,(H,20,26). The van der Waals surface area contributed by atoms with E-state index in [0.29, 0.717) is 31.5 Å². The molecule has 29 heavy (non-hydrogen) atoms. The molecule has 1 spiro atoms. The summed E-state index contributed by atoms with van der Waals surface area (Å²) in [5, 5.41) is 2.81. The van der Waals surface area contributed by atoms with Gasteiger partial charge < -0.3 is 10.2 Å². The third-order valence-corrected chi connectivity index (χ3v) is 7.32. The highest BCUT2D eigenvalue weighted by Crippen LogP contribution is 2.31. The largest absolute Gasteiger partial charge is 0.338 e. The number of rotatable bonds is 4. The Balaban J connectivity index is 1.70. The number of amides is 4. The number of nitrogens with one attached hydrogen (secondary N) is 1. The summed E-state index contributed by atoms with van der Waals surface area (Å²) in [5.74, 6) is -0.464. The Bertz CT molecular complexity index is 932. The molecule has 9 nitrogen and oxygen atoms in total. The summed E-state index contributed by atoms with van der Waals surface area (Å²) in [7, 11) is -0.665. The van der Waals surface area contributed by atoms with Crippen molar-refractivity contribution in [2.75, 3.05) is 27.2 Å². The molecule has 2 aliphatic heterocycles. The molecule has 2 saturated heterocycles. The fourth-order valence-electron chi connectivity index (χ4n) is 3.70. The topological polar surface area (TPSA) is 107 Å². The van der Waals surface area contributed by atoms with Crippen molar-refractivity contribution in [3.63, 3.8) is 0 Å². The van der Waals surface area contributed by atoms with Gasteiger partial charge in [0.25, 0.3) is 11.8 Å². The van der Waals surface area contributed by atoms with E-state index in [1.807, 2.05) is 0 Å². The molecule has 0 saturated carbocycles. The van der Waals surface area contributed by atoms with E-state index in [1.165, 1.54) is 43.3 Å². The second-order valence-electron chi connectivity index (χ2n) is 7.89. The third-order valence-electron chi connectivity index (χ3n) is 5.49. The van der Waals surface area contributed by atoms with Gasteiger partial charge in [-0.1, -0.05) is 0 Å². The number of benzene rings is 1. The maximum absolute atomic E-state index is 12.8. The molecule has 3 rings (SSSR count). The van der Waals surface area contributed by atoms with E-state index in [4.69, 9.17) is 0 Å². The second kappa shape index (κ2) is 7.42. The molecule has 0 atom stereocenters. The van der Waals surface area contributed by atoms with Crippen molar-refractivity contribution in [3.05, 3.63) is 29.8 Å². The SMILES string of the molecule is CC(C)N1C(=O)NC2(CCN(C(=O)c3ccc(S(=O)(=O)N(C)C)cc3)CC2)C1=O. The predicted octanol–water partition coefficient (Wildman–Crippen LogP) is 0.872. The van der Waals surface area contributed by atoms with Crippen LogP contribution < -0.4 is 5.32 Å². The summed E-state index contributed by atoms with van der Waals surface area (Å²) in [4.78, 5) is 40.7. The first-order chi connectivity index (χ1) is 13.5. The van der Waals surface area contributed by atoms with E-state index in [1.54, 1.807) is 18.7 Å². The average molecular weight is 423 g/mol. The zero-order valence-electron chi connectivity index (χ0n) is 17.0. The summed E-state index contributed by atoms with van der Waals surface area (Å²) in [6, 6.07) is 5.20. The molecule has 2 fully saturated rings. The lowest BCUT2D eigenvalue weighted by Gasteiger charge is -2.37. The Morgan fingerprint density at radius 3 is 2.10 bits per heavy atom. The normalized spacial score (nSPS) is 19.4. The maximum Gasteiger partial charge on any atom is 0.325 e. The first-order valence-corrected chi connectivity index (χ1v) is 10.9. The minimum Gasteiger partial charge on any atom is -0.338 e. The molecule has 158 valence electrons. The van der Waals surface area contributed by atoms with Gasteiger partial charge in [0.05, 0.1) is 4.90 Å². The second-order valence-corrected chi connectivity index (χ2v) is 10.0. The smallest absolute Gasteiger partial charge is 0.325 e. The van der Waals surface area contributed by atoms with Crippen LogP contribution in [0.25, 0.3) is 0 Å².